The average Bonchev–Trinajstić information content (AvgIpc) is 2.61. The van der Waals surface area contributed by atoms with Gasteiger partial charge in [-0.05, 0) is 44.3 Å². The van der Waals surface area contributed by atoms with Crippen LogP contribution in [0.4, 0.5) is 0 Å². The second-order valence-corrected chi connectivity index (χ2v) is 3.21. The molecule has 0 aromatic carbocycles. The summed E-state index contributed by atoms with van der Waals surface area (Å²) in [5.74, 6) is 0.862. The Bertz CT molecular complexity index is 219. The van der Waals surface area contributed by atoms with Crippen molar-refractivity contribution in [3.8, 4) is 0 Å². The fourth-order valence-corrected chi connectivity index (χ4v) is 1.50. The van der Waals surface area contributed by atoms with Crippen LogP contribution in [0.1, 0.15) is 26.7 Å². The maximum absolute atomic E-state index is 4.37. The quantitative estimate of drug-likeness (QED) is 0.522. The third-order valence-corrected chi connectivity index (χ3v) is 2.14. The number of hydrogen-bond donors (Lipinski definition) is 0. The predicted molar refractivity (Wildman–Crippen MR) is 41.3 cm³/mol. The molecule has 2 aliphatic rings. The summed E-state index contributed by atoms with van der Waals surface area (Å²) in [5.41, 5.74) is 3.93. The fourth-order valence-electron chi connectivity index (χ4n) is 1.50. The first-order valence-electron chi connectivity index (χ1n) is 3.88. The molecule has 1 fully saturated rings. The number of allylic oxidation sites excluding steroid dienone is 4. The highest BCUT2D eigenvalue weighted by atomic mass is 14.9. The Hall–Kier alpha value is -0.720. The van der Waals surface area contributed by atoms with E-state index in [1.54, 1.807) is 0 Å². The van der Waals surface area contributed by atoms with Crippen LogP contribution in [0.15, 0.2) is 23.0 Å². The smallest absolute Gasteiger partial charge is 0.0411 e. The molecule has 2 rings (SSSR count). The van der Waals surface area contributed by atoms with Gasteiger partial charge in [0.1, 0.15) is 0 Å². The van der Waals surface area contributed by atoms with Gasteiger partial charge in [-0.1, -0.05) is 0 Å². The molecule has 0 unspecified atom stereocenters. The fraction of sp³-hybridized carbons (Fsp3) is 0.556. The summed E-state index contributed by atoms with van der Waals surface area (Å²) < 4.78 is 0. The lowest BCUT2D eigenvalue weighted by molar-refractivity contribution is 0.945. The molecule has 1 nitrogen and oxygen atoms in total. The highest BCUT2D eigenvalue weighted by Crippen LogP contribution is 2.40. The molecule has 53 valence electrons. The van der Waals surface area contributed by atoms with E-state index in [0.717, 1.165) is 5.92 Å². The molecule has 0 amide bonds. The minimum absolute atomic E-state index is 0.862. The van der Waals surface area contributed by atoms with Crippen molar-refractivity contribution >= 4 is 0 Å². The van der Waals surface area contributed by atoms with Gasteiger partial charge in [0, 0.05) is 11.4 Å². The molecule has 0 N–H and O–H groups in total. The zero-order chi connectivity index (χ0) is 7.14. The van der Waals surface area contributed by atoms with Crippen molar-refractivity contribution in [1.29, 1.82) is 0 Å². The maximum atomic E-state index is 4.37. The van der Waals surface area contributed by atoms with Gasteiger partial charge in [0.15, 0.2) is 0 Å². The van der Waals surface area contributed by atoms with Crippen LogP contribution in [0.5, 0.6) is 0 Å². The Morgan fingerprint density at radius 3 is 2.50 bits per heavy atom. The van der Waals surface area contributed by atoms with Gasteiger partial charge in [-0.2, -0.15) is 0 Å². The molecular weight excluding hydrogens is 122 g/mol. The minimum Gasteiger partial charge on any atom is -0.258 e. The zero-order valence-corrected chi connectivity index (χ0v) is 6.52. The zero-order valence-electron chi connectivity index (χ0n) is 6.52. The summed E-state index contributed by atoms with van der Waals surface area (Å²) in [5, 5.41) is 4.37. The molecule has 1 radical (unpaired) electrons. The molecule has 0 aromatic rings. The van der Waals surface area contributed by atoms with Gasteiger partial charge >= 0.3 is 0 Å². The standard InChI is InChI=1S/C9H12N/c1-6-5-9(7(2)10-6)8-3-4-8/h5,8H,3-4H2,1-2H3. The van der Waals surface area contributed by atoms with E-state index in [1.165, 1.54) is 29.8 Å². The van der Waals surface area contributed by atoms with Crippen LogP contribution in [0.2, 0.25) is 0 Å². The van der Waals surface area contributed by atoms with Gasteiger partial charge in [-0.25, -0.2) is 0 Å². The van der Waals surface area contributed by atoms with Crippen molar-refractivity contribution in [2.24, 2.45) is 5.92 Å². The van der Waals surface area contributed by atoms with Crippen molar-refractivity contribution in [3.63, 3.8) is 0 Å². The monoisotopic (exact) mass is 134 g/mol. The first kappa shape index (κ1) is 6.02. The molecule has 1 aliphatic carbocycles. The van der Waals surface area contributed by atoms with Crippen LogP contribution in [0.3, 0.4) is 0 Å². The van der Waals surface area contributed by atoms with Gasteiger partial charge in [0.05, 0.1) is 0 Å². The molecule has 0 atom stereocenters. The van der Waals surface area contributed by atoms with Crippen molar-refractivity contribution in [1.82, 2.24) is 5.32 Å². The highest BCUT2D eigenvalue weighted by molar-refractivity contribution is 5.38. The molecule has 0 bridgehead atoms. The van der Waals surface area contributed by atoms with Gasteiger partial charge in [0.2, 0.25) is 0 Å². The molecule has 0 saturated heterocycles. The van der Waals surface area contributed by atoms with Crippen LogP contribution >= 0.6 is 0 Å². The Kier molecular flexibility index (Phi) is 1.13. The Labute approximate surface area is 61.8 Å². The van der Waals surface area contributed by atoms with E-state index in [4.69, 9.17) is 0 Å². The molecule has 10 heavy (non-hydrogen) atoms. The van der Waals surface area contributed by atoms with Gasteiger partial charge in [-0.3, -0.25) is 5.32 Å². The van der Waals surface area contributed by atoms with E-state index in [-0.39, 0.29) is 0 Å². The summed E-state index contributed by atoms with van der Waals surface area (Å²) >= 11 is 0. The SMILES string of the molecule is CC1=CC(C2CC2)=C(C)[N]1. The lowest BCUT2D eigenvalue weighted by Crippen LogP contribution is -1.93. The third-order valence-electron chi connectivity index (χ3n) is 2.14. The number of nitrogens with zero attached hydrogens (tertiary/aromatic N) is 1. The van der Waals surface area contributed by atoms with E-state index in [9.17, 15) is 0 Å². The molecule has 0 spiro atoms. The largest absolute Gasteiger partial charge is 0.258 e. The second-order valence-electron chi connectivity index (χ2n) is 3.21. The topological polar surface area (TPSA) is 14.1 Å². The summed E-state index contributed by atoms with van der Waals surface area (Å²) in [6.45, 7) is 4.18. The number of rotatable bonds is 1. The van der Waals surface area contributed by atoms with Crippen LogP contribution in [0, 0.1) is 5.92 Å². The van der Waals surface area contributed by atoms with Crippen LogP contribution in [-0.2, 0) is 0 Å². The molecular formula is C9H12N. The summed E-state index contributed by atoms with van der Waals surface area (Å²) in [6.07, 6.45) is 4.99. The van der Waals surface area contributed by atoms with Gasteiger partial charge in [-0.15, -0.1) is 0 Å². The summed E-state index contributed by atoms with van der Waals surface area (Å²) in [6, 6.07) is 0. The van der Waals surface area contributed by atoms with E-state index < -0.39 is 0 Å². The predicted octanol–water partition coefficient (Wildman–Crippen LogP) is 2.19. The van der Waals surface area contributed by atoms with Crippen LogP contribution < -0.4 is 5.32 Å². The van der Waals surface area contributed by atoms with Crippen molar-refractivity contribution in [3.05, 3.63) is 23.0 Å². The highest BCUT2D eigenvalue weighted by Gasteiger charge is 2.28. The van der Waals surface area contributed by atoms with Crippen molar-refractivity contribution in [2.75, 3.05) is 0 Å². The first-order valence-corrected chi connectivity index (χ1v) is 3.88. The first-order chi connectivity index (χ1) is 4.77. The lowest BCUT2D eigenvalue weighted by Gasteiger charge is -1.95. The lowest BCUT2D eigenvalue weighted by atomic mass is 10.1. The van der Waals surface area contributed by atoms with Gasteiger partial charge in [0.25, 0.3) is 0 Å². The maximum Gasteiger partial charge on any atom is 0.0411 e. The van der Waals surface area contributed by atoms with Crippen LogP contribution in [0.25, 0.3) is 0 Å². The normalized spacial score (nSPS) is 24.8. The van der Waals surface area contributed by atoms with E-state index in [2.05, 4.69) is 25.2 Å². The molecule has 0 aromatic heterocycles. The van der Waals surface area contributed by atoms with Crippen LogP contribution in [-0.4, -0.2) is 0 Å². The minimum atomic E-state index is 0.862. The molecule has 1 saturated carbocycles. The van der Waals surface area contributed by atoms with E-state index in [1.807, 2.05) is 0 Å². The number of hydrogen-bond acceptors (Lipinski definition) is 0. The second kappa shape index (κ2) is 1.88. The molecule has 1 aliphatic heterocycles. The molecule has 1 heterocycles. The Morgan fingerprint density at radius 1 is 1.40 bits per heavy atom. The van der Waals surface area contributed by atoms with Crippen molar-refractivity contribution in [2.45, 2.75) is 26.7 Å². The Morgan fingerprint density at radius 2 is 2.10 bits per heavy atom. The molecule has 1 heteroatoms. The third kappa shape index (κ3) is 0.859. The van der Waals surface area contributed by atoms with Gasteiger partial charge < -0.3 is 0 Å². The van der Waals surface area contributed by atoms with E-state index >= 15 is 0 Å². The van der Waals surface area contributed by atoms with Crippen molar-refractivity contribution < 1.29 is 0 Å². The summed E-state index contributed by atoms with van der Waals surface area (Å²) in [4.78, 5) is 0. The summed E-state index contributed by atoms with van der Waals surface area (Å²) in [7, 11) is 0. The average molecular weight is 134 g/mol. The van der Waals surface area contributed by atoms with E-state index in [0.29, 0.717) is 0 Å². The Balaban J connectivity index is 2.22.